The lowest BCUT2D eigenvalue weighted by Crippen LogP contribution is -2.53. The van der Waals surface area contributed by atoms with Crippen molar-refractivity contribution in [2.75, 3.05) is 0 Å². The molecule has 0 spiro atoms. The molecule has 1 heterocycles. The number of hydrogen-bond donors (Lipinski definition) is 3. The van der Waals surface area contributed by atoms with Crippen LogP contribution in [0.5, 0.6) is 0 Å². The molecular weight excluding hydrogens is 306 g/mol. The van der Waals surface area contributed by atoms with Gasteiger partial charge in [0.15, 0.2) is 0 Å². The van der Waals surface area contributed by atoms with Gasteiger partial charge in [0.1, 0.15) is 0 Å². The smallest absolute Gasteiger partial charge is 0.276 e. The molecule has 2 amide bonds. The lowest BCUT2D eigenvalue weighted by Gasteiger charge is -2.55. The summed E-state index contributed by atoms with van der Waals surface area (Å²) in [4.78, 5) is 28.3. The highest BCUT2D eigenvalue weighted by Crippen LogP contribution is 2.60. The molecule has 6 heteroatoms. The zero-order valence-electron chi connectivity index (χ0n) is 13.6. The first-order valence-corrected chi connectivity index (χ1v) is 8.76. The second kappa shape index (κ2) is 5.84. The SMILES string of the molecule is O=C(NO)c1ccc(CNC(=O)C23CC4CC(CC(C4)C2)C3)nc1. The molecule has 24 heavy (non-hydrogen) atoms. The van der Waals surface area contributed by atoms with Gasteiger partial charge in [-0.2, -0.15) is 0 Å². The summed E-state index contributed by atoms with van der Waals surface area (Å²) >= 11 is 0. The monoisotopic (exact) mass is 329 g/mol. The van der Waals surface area contributed by atoms with Gasteiger partial charge in [-0.15, -0.1) is 0 Å². The van der Waals surface area contributed by atoms with E-state index in [2.05, 4.69) is 10.3 Å². The van der Waals surface area contributed by atoms with Crippen LogP contribution in [0.3, 0.4) is 0 Å². The molecule has 128 valence electrons. The van der Waals surface area contributed by atoms with Crippen LogP contribution in [0.15, 0.2) is 18.3 Å². The number of aromatic nitrogens is 1. The molecule has 0 aliphatic heterocycles. The fourth-order valence-corrected chi connectivity index (χ4v) is 5.48. The van der Waals surface area contributed by atoms with Gasteiger partial charge in [-0.25, -0.2) is 5.48 Å². The second-order valence-electron chi connectivity index (χ2n) is 7.86. The minimum atomic E-state index is -0.591. The minimum absolute atomic E-state index is 0.147. The van der Waals surface area contributed by atoms with Crippen molar-refractivity contribution < 1.29 is 14.8 Å². The van der Waals surface area contributed by atoms with E-state index in [1.54, 1.807) is 17.6 Å². The van der Waals surface area contributed by atoms with Crippen molar-refractivity contribution in [3.8, 4) is 0 Å². The van der Waals surface area contributed by atoms with E-state index < -0.39 is 5.91 Å². The van der Waals surface area contributed by atoms with Crippen molar-refractivity contribution in [1.82, 2.24) is 15.8 Å². The Bertz CT molecular complexity index is 621. The Hall–Kier alpha value is -1.95. The van der Waals surface area contributed by atoms with Gasteiger partial charge in [-0.05, 0) is 68.4 Å². The van der Waals surface area contributed by atoms with Gasteiger partial charge in [-0.3, -0.25) is 19.8 Å². The average Bonchev–Trinajstić information content (AvgIpc) is 2.58. The second-order valence-corrected chi connectivity index (χ2v) is 7.86. The number of hydrogen-bond acceptors (Lipinski definition) is 4. The van der Waals surface area contributed by atoms with Gasteiger partial charge in [0, 0.05) is 11.6 Å². The maximum Gasteiger partial charge on any atom is 0.276 e. The molecule has 5 rings (SSSR count). The molecule has 1 aromatic rings. The van der Waals surface area contributed by atoms with Crippen molar-refractivity contribution in [2.45, 2.75) is 45.1 Å². The molecule has 4 bridgehead atoms. The highest BCUT2D eigenvalue weighted by molar-refractivity contribution is 5.92. The summed E-state index contributed by atoms with van der Waals surface area (Å²) in [5, 5.41) is 11.7. The lowest BCUT2D eigenvalue weighted by molar-refractivity contribution is -0.146. The van der Waals surface area contributed by atoms with Crippen LogP contribution >= 0.6 is 0 Å². The third kappa shape index (κ3) is 2.69. The summed E-state index contributed by atoms with van der Waals surface area (Å²) < 4.78 is 0. The van der Waals surface area contributed by atoms with Gasteiger partial charge in [0.05, 0.1) is 17.8 Å². The predicted molar refractivity (Wildman–Crippen MR) is 85.9 cm³/mol. The number of pyridine rings is 1. The van der Waals surface area contributed by atoms with Crippen LogP contribution in [0.4, 0.5) is 0 Å². The zero-order valence-corrected chi connectivity index (χ0v) is 13.6. The maximum absolute atomic E-state index is 12.9. The van der Waals surface area contributed by atoms with Crippen molar-refractivity contribution in [1.29, 1.82) is 0 Å². The van der Waals surface area contributed by atoms with E-state index in [9.17, 15) is 9.59 Å². The summed E-state index contributed by atoms with van der Waals surface area (Å²) in [6.45, 7) is 0.377. The molecule has 0 aromatic carbocycles. The topological polar surface area (TPSA) is 91.3 Å². The van der Waals surface area contributed by atoms with Crippen LogP contribution < -0.4 is 10.8 Å². The quantitative estimate of drug-likeness (QED) is 0.582. The van der Waals surface area contributed by atoms with E-state index in [-0.39, 0.29) is 16.9 Å². The largest absolute Gasteiger partial charge is 0.350 e. The molecule has 3 N–H and O–H groups in total. The van der Waals surface area contributed by atoms with Crippen LogP contribution in [0.1, 0.15) is 54.6 Å². The Kier molecular flexibility index (Phi) is 3.79. The Morgan fingerprint density at radius 3 is 2.25 bits per heavy atom. The van der Waals surface area contributed by atoms with Crippen molar-refractivity contribution in [3.05, 3.63) is 29.6 Å². The summed E-state index contributed by atoms with van der Waals surface area (Å²) in [6, 6.07) is 3.29. The fraction of sp³-hybridized carbons (Fsp3) is 0.611. The van der Waals surface area contributed by atoms with E-state index in [0.717, 1.165) is 37.0 Å². The molecule has 0 radical (unpaired) electrons. The van der Waals surface area contributed by atoms with Crippen LogP contribution in [-0.4, -0.2) is 22.0 Å². The number of carbonyl (C=O) groups excluding carboxylic acids is 2. The van der Waals surface area contributed by atoms with Crippen LogP contribution in [-0.2, 0) is 11.3 Å². The van der Waals surface area contributed by atoms with Crippen molar-refractivity contribution in [3.63, 3.8) is 0 Å². The number of hydroxylamine groups is 1. The first-order valence-electron chi connectivity index (χ1n) is 8.76. The molecule has 4 fully saturated rings. The van der Waals surface area contributed by atoms with E-state index >= 15 is 0 Å². The highest BCUT2D eigenvalue weighted by Gasteiger charge is 2.54. The van der Waals surface area contributed by atoms with E-state index in [0.29, 0.717) is 12.2 Å². The van der Waals surface area contributed by atoms with Crippen LogP contribution in [0.25, 0.3) is 0 Å². The molecule has 4 aliphatic carbocycles. The first kappa shape index (κ1) is 15.6. The standard InChI is InChI=1S/C18H23N3O3/c22-16(21-24)14-1-2-15(19-9-14)10-20-17(23)18-6-11-3-12(7-18)5-13(4-11)8-18/h1-2,9,11-13,24H,3-8,10H2,(H,20,23)(H,21,22). The predicted octanol–water partition coefficient (Wildman–Crippen LogP) is 2.03. The molecule has 4 saturated carbocycles. The normalized spacial score (nSPS) is 33.3. The number of carbonyl (C=O) groups is 2. The van der Waals surface area contributed by atoms with Gasteiger partial charge in [0.25, 0.3) is 5.91 Å². The molecule has 4 aliphatic rings. The Labute approximate surface area is 141 Å². The van der Waals surface area contributed by atoms with Gasteiger partial charge >= 0.3 is 0 Å². The molecule has 6 nitrogen and oxygen atoms in total. The number of nitrogens with one attached hydrogen (secondary N) is 2. The Morgan fingerprint density at radius 2 is 1.75 bits per heavy atom. The third-order valence-electron chi connectivity index (χ3n) is 6.14. The van der Waals surface area contributed by atoms with Crippen molar-refractivity contribution >= 4 is 11.8 Å². The van der Waals surface area contributed by atoms with Crippen molar-refractivity contribution in [2.24, 2.45) is 23.2 Å². The van der Waals surface area contributed by atoms with Gasteiger partial charge in [-0.1, -0.05) is 0 Å². The van der Waals surface area contributed by atoms with E-state index in [4.69, 9.17) is 5.21 Å². The summed E-state index contributed by atoms with van der Waals surface area (Å²) in [7, 11) is 0. The number of amides is 2. The fourth-order valence-electron chi connectivity index (χ4n) is 5.48. The van der Waals surface area contributed by atoms with Gasteiger partial charge < -0.3 is 5.32 Å². The molecule has 0 atom stereocenters. The lowest BCUT2D eigenvalue weighted by atomic mass is 9.49. The molecule has 0 unspecified atom stereocenters. The molecule has 1 aromatic heterocycles. The highest BCUT2D eigenvalue weighted by atomic mass is 16.5. The summed E-state index contributed by atoms with van der Waals surface area (Å²) in [5.41, 5.74) is 2.43. The molecule has 0 saturated heterocycles. The van der Waals surface area contributed by atoms with Crippen LogP contribution in [0, 0.1) is 23.2 Å². The number of rotatable bonds is 4. The Balaban J connectivity index is 1.39. The summed E-state index contributed by atoms with van der Waals surface area (Å²) in [5.74, 6) is 1.83. The maximum atomic E-state index is 12.9. The first-order chi connectivity index (χ1) is 11.6. The van der Waals surface area contributed by atoms with Crippen LogP contribution in [0.2, 0.25) is 0 Å². The van der Waals surface area contributed by atoms with E-state index in [1.807, 2.05) is 0 Å². The molecular formula is C18H23N3O3. The average molecular weight is 329 g/mol. The summed E-state index contributed by atoms with van der Waals surface area (Å²) in [6.07, 6.45) is 8.51. The van der Waals surface area contributed by atoms with E-state index in [1.165, 1.54) is 25.5 Å². The van der Waals surface area contributed by atoms with Gasteiger partial charge in [0.2, 0.25) is 5.91 Å². The Morgan fingerprint density at radius 1 is 1.12 bits per heavy atom. The zero-order chi connectivity index (χ0) is 16.7. The third-order valence-corrected chi connectivity index (χ3v) is 6.14. The number of nitrogens with zero attached hydrogens (tertiary/aromatic N) is 1. The minimum Gasteiger partial charge on any atom is -0.350 e.